The standard InChI is InChI=1S/C19H19N5O6S2/c1-12-15(5-4-6-16(12)24(26)27)23(32(3,28)29)11-17(25)20-19-22-21-18(31-19)13-7-9-14(30-2)10-8-13/h4-10H,11H2,1-3H3,(H,20,22,25). The van der Waals surface area contributed by atoms with Crippen LogP contribution in [0.25, 0.3) is 10.6 Å². The summed E-state index contributed by atoms with van der Waals surface area (Å²) in [5, 5.41) is 22.4. The van der Waals surface area contributed by atoms with Crippen LogP contribution in [0.1, 0.15) is 5.56 Å². The van der Waals surface area contributed by atoms with E-state index in [2.05, 4.69) is 15.5 Å². The van der Waals surface area contributed by atoms with Crippen LogP contribution < -0.4 is 14.4 Å². The zero-order valence-corrected chi connectivity index (χ0v) is 18.9. The molecule has 13 heteroatoms. The molecule has 168 valence electrons. The largest absolute Gasteiger partial charge is 0.497 e. The Balaban J connectivity index is 1.79. The fraction of sp³-hybridized carbons (Fsp3) is 0.211. The molecule has 11 nitrogen and oxygen atoms in total. The van der Waals surface area contributed by atoms with Crippen LogP contribution in [0.5, 0.6) is 5.75 Å². The Bertz CT molecular complexity index is 1260. The van der Waals surface area contributed by atoms with E-state index >= 15 is 0 Å². The monoisotopic (exact) mass is 477 g/mol. The molecular formula is C19H19N5O6S2. The van der Waals surface area contributed by atoms with Crippen LogP contribution in [0.15, 0.2) is 42.5 Å². The van der Waals surface area contributed by atoms with E-state index in [9.17, 15) is 23.3 Å². The number of aromatic nitrogens is 2. The minimum absolute atomic E-state index is 0.0491. The van der Waals surface area contributed by atoms with Crippen molar-refractivity contribution in [1.29, 1.82) is 0 Å². The van der Waals surface area contributed by atoms with Gasteiger partial charge in [0, 0.05) is 11.6 Å². The van der Waals surface area contributed by atoms with Gasteiger partial charge >= 0.3 is 0 Å². The lowest BCUT2D eigenvalue weighted by Gasteiger charge is -2.23. The van der Waals surface area contributed by atoms with Gasteiger partial charge in [0.25, 0.3) is 5.69 Å². The van der Waals surface area contributed by atoms with Gasteiger partial charge in [0.2, 0.25) is 21.1 Å². The molecule has 1 amide bonds. The number of anilines is 2. The lowest BCUT2D eigenvalue weighted by Crippen LogP contribution is -2.38. The second kappa shape index (κ2) is 9.28. The Kier molecular flexibility index (Phi) is 6.69. The Morgan fingerprint density at radius 1 is 1.22 bits per heavy atom. The second-order valence-corrected chi connectivity index (χ2v) is 9.52. The number of rotatable bonds is 8. The number of nitrogens with zero attached hydrogens (tertiary/aromatic N) is 4. The number of sulfonamides is 1. The number of carbonyl (C=O) groups excluding carboxylic acids is 1. The summed E-state index contributed by atoms with van der Waals surface area (Å²) in [5.41, 5.74) is 0.708. The Morgan fingerprint density at radius 2 is 1.91 bits per heavy atom. The maximum absolute atomic E-state index is 12.6. The van der Waals surface area contributed by atoms with Crippen molar-refractivity contribution in [2.24, 2.45) is 0 Å². The van der Waals surface area contributed by atoms with Crippen molar-refractivity contribution in [3.05, 3.63) is 58.1 Å². The molecule has 32 heavy (non-hydrogen) atoms. The lowest BCUT2D eigenvalue weighted by molar-refractivity contribution is -0.385. The van der Waals surface area contributed by atoms with E-state index in [1.54, 1.807) is 31.4 Å². The van der Waals surface area contributed by atoms with Crippen molar-refractivity contribution in [2.75, 3.05) is 29.5 Å². The van der Waals surface area contributed by atoms with Gasteiger partial charge in [-0.1, -0.05) is 17.4 Å². The summed E-state index contributed by atoms with van der Waals surface area (Å²) in [5.74, 6) is 0.0165. The van der Waals surface area contributed by atoms with Crippen LogP contribution in [0.3, 0.4) is 0 Å². The van der Waals surface area contributed by atoms with Gasteiger partial charge in [0.1, 0.15) is 17.3 Å². The highest BCUT2D eigenvalue weighted by Gasteiger charge is 2.26. The molecule has 0 fully saturated rings. The first kappa shape index (κ1) is 23.1. The summed E-state index contributed by atoms with van der Waals surface area (Å²) in [4.78, 5) is 23.2. The summed E-state index contributed by atoms with van der Waals surface area (Å²) in [7, 11) is -2.35. The minimum Gasteiger partial charge on any atom is -0.497 e. The third-order valence-electron chi connectivity index (χ3n) is 4.44. The highest BCUT2D eigenvalue weighted by Crippen LogP contribution is 2.30. The van der Waals surface area contributed by atoms with Gasteiger partial charge in [-0.05, 0) is 37.3 Å². The van der Waals surface area contributed by atoms with E-state index in [1.807, 2.05) is 0 Å². The predicted octanol–water partition coefficient (Wildman–Crippen LogP) is 2.84. The molecule has 1 aromatic heterocycles. The average molecular weight is 478 g/mol. The Labute approximate surface area is 187 Å². The average Bonchev–Trinajstić information content (AvgIpc) is 3.20. The van der Waals surface area contributed by atoms with Crippen molar-refractivity contribution in [1.82, 2.24) is 10.2 Å². The maximum atomic E-state index is 12.6. The van der Waals surface area contributed by atoms with Crippen molar-refractivity contribution >= 4 is 43.8 Å². The quantitative estimate of drug-likeness (QED) is 0.385. The van der Waals surface area contributed by atoms with Gasteiger partial charge < -0.3 is 4.74 Å². The summed E-state index contributed by atoms with van der Waals surface area (Å²) in [6, 6.07) is 11.1. The summed E-state index contributed by atoms with van der Waals surface area (Å²) in [6.07, 6.45) is 0.922. The van der Waals surface area contributed by atoms with Crippen molar-refractivity contribution in [2.45, 2.75) is 6.92 Å². The molecule has 0 aliphatic carbocycles. The Hall–Kier alpha value is -3.58. The molecule has 2 aromatic carbocycles. The van der Waals surface area contributed by atoms with Gasteiger partial charge in [0.05, 0.1) is 29.5 Å². The number of benzene rings is 2. The summed E-state index contributed by atoms with van der Waals surface area (Å²) in [6.45, 7) is 0.841. The van der Waals surface area contributed by atoms with E-state index in [-0.39, 0.29) is 22.1 Å². The molecule has 1 heterocycles. The van der Waals surface area contributed by atoms with Gasteiger partial charge in [-0.3, -0.25) is 24.5 Å². The molecule has 0 bridgehead atoms. The molecule has 3 rings (SSSR count). The van der Waals surface area contributed by atoms with Crippen LogP contribution in [0.2, 0.25) is 0 Å². The number of hydrogen-bond donors (Lipinski definition) is 1. The first-order valence-corrected chi connectivity index (χ1v) is 11.8. The fourth-order valence-electron chi connectivity index (χ4n) is 2.87. The van der Waals surface area contributed by atoms with E-state index < -0.39 is 27.4 Å². The first-order valence-electron chi connectivity index (χ1n) is 9.09. The first-order chi connectivity index (χ1) is 15.1. The zero-order chi connectivity index (χ0) is 23.5. The molecule has 0 aliphatic heterocycles. The number of nitro benzene ring substituents is 1. The van der Waals surface area contributed by atoms with Crippen molar-refractivity contribution in [3.8, 4) is 16.3 Å². The minimum atomic E-state index is -3.91. The number of nitro groups is 1. The van der Waals surface area contributed by atoms with Gasteiger partial charge in [-0.25, -0.2) is 8.42 Å². The topological polar surface area (TPSA) is 145 Å². The molecular weight excluding hydrogens is 458 g/mol. The molecule has 0 saturated heterocycles. The number of carbonyl (C=O) groups is 1. The molecule has 1 N–H and O–H groups in total. The molecule has 0 saturated carbocycles. The fourth-order valence-corrected chi connectivity index (χ4v) is 4.55. The van der Waals surface area contributed by atoms with Gasteiger partial charge in [-0.2, -0.15) is 0 Å². The van der Waals surface area contributed by atoms with E-state index in [1.165, 1.54) is 25.1 Å². The van der Waals surface area contributed by atoms with Crippen molar-refractivity contribution < 1.29 is 22.9 Å². The third kappa shape index (κ3) is 5.18. The molecule has 0 spiro atoms. The molecule has 0 unspecified atom stereocenters. The van der Waals surface area contributed by atoms with Gasteiger partial charge in [0.15, 0.2) is 0 Å². The number of ether oxygens (including phenoxy) is 1. The van der Waals surface area contributed by atoms with Crippen molar-refractivity contribution in [3.63, 3.8) is 0 Å². The zero-order valence-electron chi connectivity index (χ0n) is 17.3. The molecule has 3 aromatic rings. The number of methoxy groups -OCH3 is 1. The third-order valence-corrected chi connectivity index (χ3v) is 6.45. The van der Waals surface area contributed by atoms with Crippen LogP contribution >= 0.6 is 11.3 Å². The smallest absolute Gasteiger partial charge is 0.274 e. The van der Waals surface area contributed by atoms with E-state index in [4.69, 9.17) is 4.74 Å². The van der Waals surface area contributed by atoms with Crippen LogP contribution in [0, 0.1) is 17.0 Å². The lowest BCUT2D eigenvalue weighted by atomic mass is 10.1. The maximum Gasteiger partial charge on any atom is 0.274 e. The normalized spacial score (nSPS) is 11.1. The van der Waals surface area contributed by atoms with E-state index in [0.717, 1.165) is 27.5 Å². The van der Waals surface area contributed by atoms with Gasteiger partial charge in [-0.15, -0.1) is 10.2 Å². The van der Waals surface area contributed by atoms with E-state index in [0.29, 0.717) is 10.8 Å². The summed E-state index contributed by atoms with van der Waals surface area (Å²) < 4.78 is 30.6. The van der Waals surface area contributed by atoms with Crippen LogP contribution in [-0.4, -0.2) is 49.4 Å². The molecule has 0 atom stereocenters. The second-order valence-electron chi connectivity index (χ2n) is 6.64. The predicted molar refractivity (Wildman–Crippen MR) is 121 cm³/mol. The SMILES string of the molecule is COc1ccc(-c2nnc(NC(=O)CN(c3cccc([N+](=O)[O-])c3C)S(C)(=O)=O)s2)cc1. The van der Waals surface area contributed by atoms with Crippen LogP contribution in [-0.2, 0) is 14.8 Å². The Morgan fingerprint density at radius 3 is 2.50 bits per heavy atom. The highest BCUT2D eigenvalue weighted by molar-refractivity contribution is 7.92. The number of hydrogen-bond acceptors (Lipinski definition) is 9. The molecule has 0 radical (unpaired) electrons. The summed E-state index contributed by atoms with van der Waals surface area (Å²) >= 11 is 1.12. The molecule has 0 aliphatic rings. The number of nitrogens with one attached hydrogen (secondary N) is 1. The number of amides is 1. The van der Waals surface area contributed by atoms with Crippen LogP contribution in [0.4, 0.5) is 16.5 Å². The highest BCUT2D eigenvalue weighted by atomic mass is 32.2.